The van der Waals surface area contributed by atoms with E-state index in [4.69, 9.17) is 5.11 Å². The quantitative estimate of drug-likeness (QED) is 0.281. The Balaban J connectivity index is 2.81. The lowest BCUT2D eigenvalue weighted by atomic mass is 10.7. The zero-order chi connectivity index (χ0) is 4.12. The molecule has 0 bridgehead atoms. The van der Waals surface area contributed by atoms with Gasteiger partial charge >= 0.3 is 0 Å². The van der Waals surface area contributed by atoms with E-state index in [2.05, 4.69) is 11.7 Å². The highest BCUT2D eigenvalue weighted by atomic mass is 16.2. The van der Waals surface area contributed by atoms with E-state index in [0.29, 0.717) is 0 Å². The molecule has 0 aromatic carbocycles. The smallest absolute Gasteiger partial charge is 0.106 e. The highest BCUT2D eigenvalue weighted by Crippen LogP contribution is 1.38. The Hall–Kier alpha value is -0.680. The van der Waals surface area contributed by atoms with Gasteiger partial charge in [0, 0.05) is 6.04 Å². The van der Waals surface area contributed by atoms with Crippen molar-refractivity contribution in [2.45, 2.75) is 0 Å². The predicted octanol–water partition coefficient (Wildman–Crippen LogP) is -1.10. The molecule has 3 N–H and O–H groups in total. The molecule has 0 rings (SSSR count). The second kappa shape index (κ2) is 3.32. The SMILES string of the molecule is NC#CCO. The van der Waals surface area contributed by atoms with Crippen LogP contribution >= 0.6 is 0 Å². The average molecular weight is 71.1 g/mol. The number of nitrogens with two attached hydrogens (primary N) is 1. The maximum atomic E-state index is 7.81. The summed E-state index contributed by atoms with van der Waals surface area (Å²) in [6, 6.07) is 2.02. The van der Waals surface area contributed by atoms with Crippen LogP contribution in [0, 0.1) is 12.0 Å². The first-order valence-electron chi connectivity index (χ1n) is 1.21. The summed E-state index contributed by atoms with van der Waals surface area (Å²) in [5.74, 6) is 2.19. The van der Waals surface area contributed by atoms with E-state index in [1.54, 1.807) is 0 Å². The van der Waals surface area contributed by atoms with Gasteiger partial charge in [0.25, 0.3) is 0 Å². The van der Waals surface area contributed by atoms with Gasteiger partial charge in [-0.2, -0.15) is 0 Å². The molecule has 0 amide bonds. The van der Waals surface area contributed by atoms with Gasteiger partial charge in [0.1, 0.15) is 6.61 Å². The van der Waals surface area contributed by atoms with Gasteiger partial charge in [-0.25, -0.2) is 0 Å². The van der Waals surface area contributed by atoms with Crippen LogP contribution in [-0.4, -0.2) is 11.7 Å². The molecule has 0 aromatic rings. The third-order valence-corrected chi connectivity index (χ3v) is 0.181. The lowest BCUT2D eigenvalue weighted by molar-refractivity contribution is 0.350. The third kappa shape index (κ3) is 3.32. The van der Waals surface area contributed by atoms with Crippen LogP contribution in [0.2, 0.25) is 0 Å². The number of rotatable bonds is 0. The summed E-state index contributed by atoms with van der Waals surface area (Å²) in [6.45, 7) is -0.142. The van der Waals surface area contributed by atoms with Crippen LogP contribution in [0.25, 0.3) is 0 Å². The molecule has 0 fully saturated rings. The molecule has 0 unspecified atom stereocenters. The van der Waals surface area contributed by atoms with E-state index in [9.17, 15) is 0 Å². The zero-order valence-electron chi connectivity index (χ0n) is 2.73. The normalized spacial score (nSPS) is 5.00. The summed E-state index contributed by atoms with van der Waals surface area (Å²) in [5, 5.41) is 7.81. The average Bonchev–Trinajstić information content (AvgIpc) is 1.41. The van der Waals surface area contributed by atoms with Gasteiger partial charge in [0.15, 0.2) is 0 Å². The first-order valence-corrected chi connectivity index (χ1v) is 1.21. The van der Waals surface area contributed by atoms with Crippen molar-refractivity contribution >= 4 is 0 Å². The van der Waals surface area contributed by atoms with Crippen LogP contribution in [0.4, 0.5) is 0 Å². The lowest BCUT2D eigenvalue weighted by Gasteiger charge is -1.60. The molecule has 0 aliphatic heterocycles. The Labute approximate surface area is 30.6 Å². The van der Waals surface area contributed by atoms with Crippen molar-refractivity contribution in [2.24, 2.45) is 5.73 Å². The van der Waals surface area contributed by atoms with Crippen LogP contribution in [0.1, 0.15) is 0 Å². The molecule has 0 saturated heterocycles. The van der Waals surface area contributed by atoms with Gasteiger partial charge in [-0.05, 0) is 0 Å². The standard InChI is InChI=1S/C3H5NO/c4-2-1-3-5/h5H,3-4H2. The highest BCUT2D eigenvalue weighted by molar-refractivity contribution is 4.92. The molecule has 0 radical (unpaired) electrons. The summed E-state index contributed by atoms with van der Waals surface area (Å²) < 4.78 is 0. The van der Waals surface area contributed by atoms with Gasteiger partial charge < -0.3 is 10.8 Å². The second-order valence-corrected chi connectivity index (χ2v) is 0.479. The van der Waals surface area contributed by atoms with E-state index in [1.807, 2.05) is 6.04 Å². The van der Waals surface area contributed by atoms with E-state index in [1.165, 1.54) is 0 Å². The number of hydrogen-bond donors (Lipinski definition) is 2. The van der Waals surface area contributed by atoms with Crippen LogP contribution in [0.15, 0.2) is 0 Å². The molecule has 0 aliphatic carbocycles. The second-order valence-electron chi connectivity index (χ2n) is 0.479. The van der Waals surface area contributed by atoms with E-state index in [-0.39, 0.29) is 6.61 Å². The molecule has 0 heterocycles. The third-order valence-electron chi connectivity index (χ3n) is 0.181. The Bertz CT molecular complexity index is 59.0. The van der Waals surface area contributed by atoms with E-state index >= 15 is 0 Å². The maximum Gasteiger partial charge on any atom is 0.106 e. The monoisotopic (exact) mass is 71.0 g/mol. The van der Waals surface area contributed by atoms with Crippen molar-refractivity contribution in [1.82, 2.24) is 0 Å². The summed E-state index contributed by atoms with van der Waals surface area (Å²) in [6.07, 6.45) is 0. The summed E-state index contributed by atoms with van der Waals surface area (Å²) in [7, 11) is 0. The Kier molecular flexibility index (Phi) is 2.87. The first kappa shape index (κ1) is 4.32. The summed E-state index contributed by atoms with van der Waals surface area (Å²) >= 11 is 0. The molecule has 0 atom stereocenters. The largest absolute Gasteiger partial charge is 0.384 e. The molecular formula is C3H5NO. The molecular weight excluding hydrogens is 66.0 g/mol. The van der Waals surface area contributed by atoms with E-state index in [0.717, 1.165) is 0 Å². The molecule has 2 heteroatoms. The van der Waals surface area contributed by atoms with E-state index < -0.39 is 0 Å². The Morgan fingerprint density at radius 3 is 2.40 bits per heavy atom. The van der Waals surface area contributed by atoms with Crippen molar-refractivity contribution in [3.05, 3.63) is 0 Å². The summed E-state index contributed by atoms with van der Waals surface area (Å²) in [4.78, 5) is 0. The Morgan fingerprint density at radius 2 is 2.40 bits per heavy atom. The molecule has 0 saturated carbocycles. The van der Waals surface area contributed by atoms with Crippen LogP contribution in [-0.2, 0) is 0 Å². The fourth-order valence-electron chi connectivity index (χ4n) is 0.0456. The number of aliphatic hydroxyl groups is 1. The molecule has 0 aliphatic rings. The van der Waals surface area contributed by atoms with Crippen molar-refractivity contribution in [2.75, 3.05) is 6.61 Å². The van der Waals surface area contributed by atoms with Crippen molar-refractivity contribution in [1.29, 1.82) is 0 Å². The maximum absolute atomic E-state index is 7.81. The van der Waals surface area contributed by atoms with Gasteiger partial charge in [-0.15, -0.1) is 0 Å². The van der Waals surface area contributed by atoms with Gasteiger partial charge in [-0.3, -0.25) is 0 Å². The molecule has 28 valence electrons. The molecule has 2 nitrogen and oxygen atoms in total. The minimum absolute atomic E-state index is 0.142. The van der Waals surface area contributed by atoms with Gasteiger partial charge in [0.05, 0.1) is 0 Å². The van der Waals surface area contributed by atoms with Gasteiger partial charge in [-0.1, -0.05) is 5.92 Å². The van der Waals surface area contributed by atoms with Crippen molar-refractivity contribution in [3.8, 4) is 12.0 Å². The Morgan fingerprint density at radius 1 is 1.80 bits per heavy atom. The molecule has 0 aromatic heterocycles. The summed E-state index contributed by atoms with van der Waals surface area (Å²) in [5.41, 5.74) is 4.62. The first-order chi connectivity index (χ1) is 2.41. The fourth-order valence-corrected chi connectivity index (χ4v) is 0.0456. The number of aliphatic hydroxyl groups excluding tert-OH is 1. The minimum Gasteiger partial charge on any atom is -0.384 e. The van der Waals surface area contributed by atoms with Crippen LogP contribution < -0.4 is 5.73 Å². The number of hydrogen-bond acceptors (Lipinski definition) is 2. The lowest BCUT2D eigenvalue weighted by Crippen LogP contribution is -1.78. The zero-order valence-corrected chi connectivity index (χ0v) is 2.73. The topological polar surface area (TPSA) is 46.2 Å². The van der Waals surface area contributed by atoms with Crippen LogP contribution in [0.3, 0.4) is 0 Å². The molecule has 5 heavy (non-hydrogen) atoms. The van der Waals surface area contributed by atoms with Crippen LogP contribution in [0.5, 0.6) is 0 Å². The van der Waals surface area contributed by atoms with Crippen molar-refractivity contribution < 1.29 is 5.11 Å². The molecule has 0 spiro atoms. The van der Waals surface area contributed by atoms with Gasteiger partial charge in [0.2, 0.25) is 0 Å². The minimum atomic E-state index is -0.142. The van der Waals surface area contributed by atoms with Crippen molar-refractivity contribution in [3.63, 3.8) is 0 Å². The fraction of sp³-hybridized carbons (Fsp3) is 0.333. The predicted molar refractivity (Wildman–Crippen MR) is 19.0 cm³/mol. The highest BCUT2D eigenvalue weighted by Gasteiger charge is 1.49.